The molecule has 2 heterocycles. The number of para-hydroxylation sites is 1. The highest BCUT2D eigenvalue weighted by atomic mass is 16.2. The van der Waals surface area contributed by atoms with Gasteiger partial charge in [0.25, 0.3) is 0 Å². The van der Waals surface area contributed by atoms with Crippen LogP contribution in [0.4, 0.5) is 0 Å². The zero-order valence-corrected chi connectivity index (χ0v) is 12.2. The molecule has 0 bridgehead atoms. The third-order valence-corrected chi connectivity index (χ3v) is 3.92. The Morgan fingerprint density at radius 2 is 2.24 bits per heavy atom. The molecule has 1 aromatic carbocycles. The summed E-state index contributed by atoms with van der Waals surface area (Å²) in [5.41, 5.74) is 2.01. The smallest absolute Gasteiger partial charge is 0.238 e. The Labute approximate surface area is 124 Å². The number of amides is 1. The van der Waals surface area contributed by atoms with Gasteiger partial charge in [-0.3, -0.25) is 14.7 Å². The van der Waals surface area contributed by atoms with Crippen LogP contribution >= 0.6 is 0 Å². The molecule has 2 aromatic rings. The molecule has 0 spiro atoms. The summed E-state index contributed by atoms with van der Waals surface area (Å²) >= 11 is 0. The van der Waals surface area contributed by atoms with Crippen molar-refractivity contribution in [3.05, 3.63) is 42.1 Å². The van der Waals surface area contributed by atoms with Gasteiger partial charge in [0.15, 0.2) is 0 Å². The van der Waals surface area contributed by atoms with Gasteiger partial charge in [-0.15, -0.1) is 0 Å². The number of benzene rings is 1. The van der Waals surface area contributed by atoms with Crippen molar-refractivity contribution in [2.24, 2.45) is 0 Å². The Kier molecular flexibility index (Phi) is 4.13. The van der Waals surface area contributed by atoms with Crippen LogP contribution in [-0.2, 0) is 11.3 Å². The number of fused-ring (bicyclic) bond motifs is 1. The van der Waals surface area contributed by atoms with Crippen molar-refractivity contribution in [2.45, 2.75) is 12.6 Å². The van der Waals surface area contributed by atoms with E-state index < -0.39 is 0 Å². The first-order valence-electron chi connectivity index (χ1n) is 7.29. The van der Waals surface area contributed by atoms with Gasteiger partial charge in [-0.2, -0.15) is 0 Å². The minimum Gasteiger partial charge on any atom is -0.358 e. The second-order valence-electron chi connectivity index (χ2n) is 5.30. The number of hydrogen-bond donors (Lipinski definition) is 2. The SMILES string of the molecule is CNC(=O)C1CNCCN1Cc1ccc2ccccc2n1. The minimum atomic E-state index is -0.128. The fourth-order valence-corrected chi connectivity index (χ4v) is 2.77. The van der Waals surface area contributed by atoms with Gasteiger partial charge < -0.3 is 10.6 Å². The standard InChI is InChI=1S/C16H20N4O/c1-17-16(21)15-10-18-8-9-20(15)11-13-7-6-12-4-2-3-5-14(12)19-13/h2-7,15,18H,8-11H2,1H3,(H,17,21). The van der Waals surface area contributed by atoms with Gasteiger partial charge in [0.2, 0.25) is 5.91 Å². The maximum atomic E-state index is 12.0. The number of pyridine rings is 1. The first-order chi connectivity index (χ1) is 10.3. The highest BCUT2D eigenvalue weighted by Gasteiger charge is 2.27. The van der Waals surface area contributed by atoms with Gasteiger partial charge in [-0.25, -0.2) is 0 Å². The number of nitrogens with zero attached hydrogens (tertiary/aromatic N) is 2. The fraction of sp³-hybridized carbons (Fsp3) is 0.375. The van der Waals surface area contributed by atoms with Crippen molar-refractivity contribution in [1.29, 1.82) is 0 Å². The van der Waals surface area contributed by atoms with E-state index in [0.29, 0.717) is 13.1 Å². The molecule has 0 radical (unpaired) electrons. The molecule has 5 heteroatoms. The van der Waals surface area contributed by atoms with Crippen LogP contribution in [0.3, 0.4) is 0 Å². The predicted octanol–water partition coefficient (Wildman–Crippen LogP) is 0.755. The van der Waals surface area contributed by atoms with E-state index in [-0.39, 0.29) is 11.9 Å². The predicted molar refractivity (Wildman–Crippen MR) is 82.9 cm³/mol. The lowest BCUT2D eigenvalue weighted by molar-refractivity contribution is -0.126. The number of aromatic nitrogens is 1. The number of nitrogens with one attached hydrogen (secondary N) is 2. The summed E-state index contributed by atoms with van der Waals surface area (Å²) < 4.78 is 0. The van der Waals surface area contributed by atoms with Crippen molar-refractivity contribution in [1.82, 2.24) is 20.5 Å². The van der Waals surface area contributed by atoms with E-state index in [0.717, 1.165) is 29.7 Å². The first-order valence-corrected chi connectivity index (χ1v) is 7.29. The number of carbonyl (C=O) groups is 1. The number of piperazine rings is 1. The molecule has 5 nitrogen and oxygen atoms in total. The lowest BCUT2D eigenvalue weighted by Gasteiger charge is -2.34. The Morgan fingerprint density at radius 1 is 1.38 bits per heavy atom. The van der Waals surface area contributed by atoms with E-state index >= 15 is 0 Å². The molecule has 2 N–H and O–H groups in total. The van der Waals surface area contributed by atoms with E-state index in [9.17, 15) is 4.79 Å². The molecule has 1 aliphatic rings. The van der Waals surface area contributed by atoms with Crippen LogP contribution in [0.25, 0.3) is 10.9 Å². The molecular weight excluding hydrogens is 264 g/mol. The van der Waals surface area contributed by atoms with E-state index in [2.05, 4.69) is 27.7 Å². The molecule has 21 heavy (non-hydrogen) atoms. The zero-order chi connectivity index (χ0) is 14.7. The van der Waals surface area contributed by atoms with Crippen LogP contribution in [-0.4, -0.2) is 48.5 Å². The summed E-state index contributed by atoms with van der Waals surface area (Å²) in [4.78, 5) is 18.8. The molecule has 3 rings (SSSR count). The van der Waals surface area contributed by atoms with E-state index in [4.69, 9.17) is 4.98 Å². The number of likely N-dealkylation sites (N-methyl/N-ethyl adjacent to an activating group) is 1. The average Bonchev–Trinajstić information content (AvgIpc) is 2.54. The maximum absolute atomic E-state index is 12.0. The number of rotatable bonds is 3. The average molecular weight is 284 g/mol. The molecule has 1 unspecified atom stereocenters. The van der Waals surface area contributed by atoms with Crippen LogP contribution in [0.1, 0.15) is 5.69 Å². The summed E-state index contributed by atoms with van der Waals surface area (Å²) in [7, 11) is 1.68. The van der Waals surface area contributed by atoms with Crippen molar-refractivity contribution in [2.75, 3.05) is 26.7 Å². The maximum Gasteiger partial charge on any atom is 0.238 e. The third-order valence-electron chi connectivity index (χ3n) is 3.92. The fourth-order valence-electron chi connectivity index (χ4n) is 2.77. The second kappa shape index (κ2) is 6.20. The molecule has 0 saturated carbocycles. The normalized spacial score (nSPS) is 19.6. The first kappa shape index (κ1) is 14.0. The summed E-state index contributed by atoms with van der Waals surface area (Å²) in [5.74, 6) is 0.0583. The van der Waals surface area contributed by atoms with Gasteiger partial charge in [0.05, 0.1) is 11.2 Å². The van der Waals surface area contributed by atoms with Crippen LogP contribution in [0.2, 0.25) is 0 Å². The van der Waals surface area contributed by atoms with Crippen molar-refractivity contribution in [3.63, 3.8) is 0 Å². The molecule has 1 saturated heterocycles. The van der Waals surface area contributed by atoms with Crippen molar-refractivity contribution >= 4 is 16.8 Å². The quantitative estimate of drug-likeness (QED) is 0.873. The van der Waals surface area contributed by atoms with Crippen LogP contribution in [0.15, 0.2) is 36.4 Å². The van der Waals surface area contributed by atoms with E-state index in [1.807, 2.05) is 24.3 Å². The lowest BCUT2D eigenvalue weighted by Crippen LogP contribution is -2.56. The molecule has 110 valence electrons. The zero-order valence-electron chi connectivity index (χ0n) is 12.2. The highest BCUT2D eigenvalue weighted by molar-refractivity contribution is 5.82. The Bertz CT molecular complexity index is 643. The van der Waals surface area contributed by atoms with Gasteiger partial charge >= 0.3 is 0 Å². The van der Waals surface area contributed by atoms with Gasteiger partial charge in [0.1, 0.15) is 6.04 Å². The molecular formula is C16H20N4O. The Balaban J connectivity index is 1.80. The van der Waals surface area contributed by atoms with Crippen molar-refractivity contribution < 1.29 is 4.79 Å². The van der Waals surface area contributed by atoms with E-state index in [1.165, 1.54) is 0 Å². The Morgan fingerprint density at radius 3 is 3.10 bits per heavy atom. The van der Waals surface area contributed by atoms with Gasteiger partial charge in [0, 0.05) is 38.6 Å². The second-order valence-corrected chi connectivity index (χ2v) is 5.30. The summed E-state index contributed by atoms with van der Waals surface area (Å²) in [5, 5.41) is 7.15. The van der Waals surface area contributed by atoms with Crippen molar-refractivity contribution in [3.8, 4) is 0 Å². The number of hydrogen-bond acceptors (Lipinski definition) is 4. The summed E-state index contributed by atoms with van der Waals surface area (Å²) in [6.45, 7) is 3.14. The van der Waals surface area contributed by atoms with Crippen LogP contribution in [0, 0.1) is 0 Å². The third kappa shape index (κ3) is 3.04. The summed E-state index contributed by atoms with van der Waals surface area (Å²) in [6.07, 6.45) is 0. The molecule has 1 fully saturated rings. The summed E-state index contributed by atoms with van der Waals surface area (Å²) in [6, 6.07) is 12.1. The van der Waals surface area contributed by atoms with Gasteiger partial charge in [-0.05, 0) is 12.1 Å². The molecule has 1 aliphatic heterocycles. The number of carbonyl (C=O) groups excluding carboxylic acids is 1. The molecule has 1 amide bonds. The lowest BCUT2D eigenvalue weighted by atomic mass is 10.1. The highest BCUT2D eigenvalue weighted by Crippen LogP contribution is 2.14. The molecule has 1 aromatic heterocycles. The van der Waals surface area contributed by atoms with Crippen LogP contribution in [0.5, 0.6) is 0 Å². The molecule has 0 aliphatic carbocycles. The minimum absolute atomic E-state index is 0.0583. The molecule has 1 atom stereocenters. The Hall–Kier alpha value is -1.98. The monoisotopic (exact) mass is 284 g/mol. The topological polar surface area (TPSA) is 57.3 Å². The largest absolute Gasteiger partial charge is 0.358 e. The van der Waals surface area contributed by atoms with Crippen LogP contribution < -0.4 is 10.6 Å². The van der Waals surface area contributed by atoms with E-state index in [1.54, 1.807) is 7.05 Å². The van der Waals surface area contributed by atoms with Gasteiger partial charge in [-0.1, -0.05) is 24.3 Å².